The number of carbonyl (C=O) groups is 2. The minimum absolute atomic E-state index is 0.00648. The lowest BCUT2D eigenvalue weighted by Crippen LogP contribution is -2.57. The third kappa shape index (κ3) is 4.86. The maximum Gasteiger partial charge on any atom is 0.243 e. The maximum absolute atomic E-state index is 12.6. The highest BCUT2D eigenvalue weighted by molar-refractivity contribution is 5.90. The van der Waals surface area contributed by atoms with Crippen molar-refractivity contribution >= 4 is 11.8 Å². The molecule has 2 amide bonds. The molecule has 8 nitrogen and oxygen atoms in total. The molecule has 8 heteroatoms. The van der Waals surface area contributed by atoms with E-state index in [0.717, 1.165) is 5.56 Å². The molecule has 0 fully saturated rings. The Labute approximate surface area is 152 Å². The number of rotatable bonds is 3. The van der Waals surface area contributed by atoms with Crippen LogP contribution >= 0.6 is 0 Å². The van der Waals surface area contributed by atoms with Crippen LogP contribution in [0.2, 0.25) is 0 Å². The highest BCUT2D eigenvalue weighted by Crippen LogP contribution is 2.27. The number of likely N-dealkylation sites (N-methyl/N-ethyl adjacent to an activating group) is 1. The molecule has 1 aromatic carbocycles. The zero-order valence-corrected chi connectivity index (χ0v) is 15.3. The summed E-state index contributed by atoms with van der Waals surface area (Å²) < 4.78 is 5.58. The predicted octanol–water partition coefficient (Wildman–Crippen LogP) is -0.467. The molecule has 2 rings (SSSR count). The van der Waals surface area contributed by atoms with Gasteiger partial charge in [-0.25, -0.2) is 0 Å². The minimum Gasteiger partial charge on any atom is -0.504 e. The Balaban J connectivity index is 2.36. The minimum atomic E-state index is -0.732. The zero-order valence-electron chi connectivity index (χ0n) is 15.3. The van der Waals surface area contributed by atoms with Crippen molar-refractivity contribution < 1.29 is 24.5 Å². The van der Waals surface area contributed by atoms with E-state index in [2.05, 4.69) is 16.0 Å². The molecule has 2 unspecified atom stereocenters. The summed E-state index contributed by atoms with van der Waals surface area (Å²) in [5.74, 6) is -0.619. The van der Waals surface area contributed by atoms with Crippen molar-refractivity contribution in [2.75, 3.05) is 20.3 Å². The molecule has 0 spiro atoms. The van der Waals surface area contributed by atoms with Gasteiger partial charge in [-0.2, -0.15) is 0 Å². The number of ether oxygens (including phenoxy) is 1. The van der Waals surface area contributed by atoms with Gasteiger partial charge in [0.25, 0.3) is 0 Å². The van der Waals surface area contributed by atoms with Crippen molar-refractivity contribution in [1.82, 2.24) is 16.0 Å². The second-order valence-corrected chi connectivity index (χ2v) is 6.78. The number of nitrogens with one attached hydrogen (secondary N) is 3. The summed E-state index contributed by atoms with van der Waals surface area (Å²) in [6.45, 7) is 3.34. The Morgan fingerprint density at radius 1 is 1.27 bits per heavy atom. The summed E-state index contributed by atoms with van der Waals surface area (Å²) in [7, 11) is 1.67. The molecule has 1 aliphatic rings. The van der Waals surface area contributed by atoms with Crippen LogP contribution < -0.4 is 20.7 Å². The molecule has 3 atom stereocenters. The van der Waals surface area contributed by atoms with Crippen molar-refractivity contribution in [3.63, 3.8) is 0 Å². The van der Waals surface area contributed by atoms with Crippen molar-refractivity contribution in [3.8, 4) is 11.5 Å². The Morgan fingerprint density at radius 2 is 2.00 bits per heavy atom. The summed E-state index contributed by atoms with van der Waals surface area (Å²) in [6.07, 6.45) is 0.370. The summed E-state index contributed by atoms with van der Waals surface area (Å²) in [6, 6.07) is 2.93. The van der Waals surface area contributed by atoms with Crippen molar-refractivity contribution in [1.29, 1.82) is 0 Å². The van der Waals surface area contributed by atoms with Gasteiger partial charge in [0.05, 0.1) is 18.7 Å². The number of hydrogen-bond donors (Lipinski definition) is 5. The van der Waals surface area contributed by atoms with Crippen LogP contribution in [0.3, 0.4) is 0 Å². The van der Waals surface area contributed by atoms with Crippen LogP contribution in [0.25, 0.3) is 0 Å². The zero-order chi connectivity index (χ0) is 19.3. The van der Waals surface area contributed by atoms with Gasteiger partial charge in [0.2, 0.25) is 11.8 Å². The Bertz CT molecular complexity index is 650. The average Bonchev–Trinajstić information content (AvgIpc) is 2.62. The molecule has 1 heterocycles. The standard InChI is InChI=1S/C18H27N3O5/c1-10(2)16-18(25)20-12(8-22)9-26-15-7-11(4-5-14(15)23)6-13(19-3)17(24)21-16/h4-5,7,10,12-13,16,19,22-23H,6,8-9H2,1-3H3,(H,20,25)(H,21,24)/t12-,13?,16?/m1/s1. The number of benzene rings is 1. The van der Waals surface area contributed by atoms with Gasteiger partial charge in [-0.05, 0) is 37.1 Å². The molecule has 5 N–H and O–H groups in total. The number of carbonyl (C=O) groups excluding carboxylic acids is 2. The summed E-state index contributed by atoms with van der Waals surface area (Å²) in [5, 5.41) is 27.9. The first-order chi connectivity index (χ1) is 12.3. The van der Waals surface area contributed by atoms with E-state index >= 15 is 0 Å². The van der Waals surface area contributed by atoms with Gasteiger partial charge in [-0.15, -0.1) is 0 Å². The quantitative estimate of drug-likeness (QED) is 0.494. The first-order valence-corrected chi connectivity index (χ1v) is 8.69. The summed E-state index contributed by atoms with van der Waals surface area (Å²) in [4.78, 5) is 25.2. The van der Waals surface area contributed by atoms with Crippen LogP contribution in [0.1, 0.15) is 19.4 Å². The Morgan fingerprint density at radius 3 is 2.62 bits per heavy atom. The van der Waals surface area contributed by atoms with Crippen LogP contribution in [0.4, 0.5) is 0 Å². The highest BCUT2D eigenvalue weighted by atomic mass is 16.5. The first kappa shape index (κ1) is 20.0. The fourth-order valence-corrected chi connectivity index (χ4v) is 2.77. The van der Waals surface area contributed by atoms with Crippen molar-refractivity contribution in [2.45, 2.75) is 38.4 Å². The predicted molar refractivity (Wildman–Crippen MR) is 95.9 cm³/mol. The third-order valence-electron chi connectivity index (χ3n) is 4.38. The van der Waals surface area contributed by atoms with E-state index in [9.17, 15) is 19.8 Å². The molecule has 0 saturated heterocycles. The van der Waals surface area contributed by atoms with E-state index < -0.39 is 18.1 Å². The Kier molecular flexibility index (Phi) is 6.82. The summed E-state index contributed by atoms with van der Waals surface area (Å²) >= 11 is 0. The van der Waals surface area contributed by atoms with Crippen LogP contribution in [0.15, 0.2) is 18.2 Å². The molecule has 2 bridgehead atoms. The van der Waals surface area contributed by atoms with Gasteiger partial charge < -0.3 is 30.9 Å². The van der Waals surface area contributed by atoms with E-state index in [1.54, 1.807) is 19.2 Å². The van der Waals surface area contributed by atoms with E-state index in [4.69, 9.17) is 4.74 Å². The molecule has 0 aliphatic carbocycles. The van der Waals surface area contributed by atoms with Crippen LogP contribution in [-0.4, -0.2) is 60.4 Å². The van der Waals surface area contributed by atoms with Gasteiger partial charge in [-0.1, -0.05) is 19.9 Å². The molecule has 0 radical (unpaired) electrons. The molecule has 0 saturated carbocycles. The van der Waals surface area contributed by atoms with Crippen LogP contribution in [0, 0.1) is 5.92 Å². The number of phenols is 1. The Hall–Kier alpha value is -2.32. The number of amides is 2. The molecule has 1 aliphatic heterocycles. The van der Waals surface area contributed by atoms with E-state index in [0.29, 0.717) is 6.42 Å². The van der Waals surface area contributed by atoms with Gasteiger partial charge >= 0.3 is 0 Å². The largest absolute Gasteiger partial charge is 0.504 e. The molecule has 144 valence electrons. The SMILES string of the molecule is CNC1Cc2ccc(O)c(c2)OC[C@@H](CO)NC(=O)C(C(C)C)NC1=O. The first-order valence-electron chi connectivity index (χ1n) is 8.69. The lowest BCUT2D eigenvalue weighted by molar-refractivity contribution is -0.131. The summed E-state index contributed by atoms with van der Waals surface area (Å²) in [5.41, 5.74) is 0.799. The smallest absolute Gasteiger partial charge is 0.243 e. The van der Waals surface area contributed by atoms with Crippen molar-refractivity contribution in [2.24, 2.45) is 5.92 Å². The maximum atomic E-state index is 12.6. The average molecular weight is 365 g/mol. The van der Waals surface area contributed by atoms with Crippen LogP contribution in [-0.2, 0) is 16.0 Å². The monoisotopic (exact) mass is 365 g/mol. The fraction of sp³-hybridized carbons (Fsp3) is 0.556. The lowest BCUT2D eigenvalue weighted by atomic mass is 10.0. The molecule has 1 aromatic rings. The number of aromatic hydroxyl groups is 1. The van der Waals surface area contributed by atoms with Gasteiger partial charge in [0.1, 0.15) is 12.6 Å². The van der Waals surface area contributed by atoms with E-state index in [1.807, 2.05) is 13.8 Å². The number of phenolic OH excluding ortho intramolecular Hbond substituents is 1. The molecular weight excluding hydrogens is 338 g/mol. The van der Waals surface area contributed by atoms with E-state index in [1.165, 1.54) is 6.07 Å². The molecular formula is C18H27N3O5. The topological polar surface area (TPSA) is 120 Å². The fourth-order valence-electron chi connectivity index (χ4n) is 2.77. The van der Waals surface area contributed by atoms with Gasteiger partial charge in [-0.3, -0.25) is 9.59 Å². The number of hydrogen-bond acceptors (Lipinski definition) is 6. The number of aliphatic hydroxyl groups excluding tert-OH is 1. The van der Waals surface area contributed by atoms with Crippen molar-refractivity contribution in [3.05, 3.63) is 23.8 Å². The van der Waals surface area contributed by atoms with E-state index in [-0.39, 0.29) is 42.4 Å². The van der Waals surface area contributed by atoms with Gasteiger partial charge in [0, 0.05) is 0 Å². The molecule has 26 heavy (non-hydrogen) atoms. The highest BCUT2D eigenvalue weighted by Gasteiger charge is 2.29. The molecule has 0 aromatic heterocycles. The second kappa shape index (κ2) is 8.86. The third-order valence-corrected chi connectivity index (χ3v) is 4.38. The second-order valence-electron chi connectivity index (χ2n) is 6.78. The lowest BCUT2D eigenvalue weighted by Gasteiger charge is -2.26. The number of fused-ring (bicyclic) bond motifs is 2. The number of aliphatic hydroxyl groups is 1. The normalized spacial score (nSPS) is 24.6. The van der Waals surface area contributed by atoms with Crippen LogP contribution in [0.5, 0.6) is 11.5 Å². The van der Waals surface area contributed by atoms with Gasteiger partial charge in [0.15, 0.2) is 11.5 Å².